The summed E-state index contributed by atoms with van der Waals surface area (Å²) in [5.41, 5.74) is 8.07. The van der Waals surface area contributed by atoms with E-state index in [-0.39, 0.29) is 10.6 Å². The summed E-state index contributed by atoms with van der Waals surface area (Å²) in [7, 11) is -2.30. The highest BCUT2D eigenvalue weighted by Crippen LogP contribution is 2.32. The minimum Gasteiger partial charge on any atom is -0.456 e. The van der Waals surface area contributed by atoms with Crippen LogP contribution in [0, 0.1) is 13.8 Å². The average Bonchev–Trinajstić information content (AvgIpc) is 2.43. The summed E-state index contributed by atoms with van der Waals surface area (Å²) in [6.07, 6.45) is 0. The molecule has 21 heavy (non-hydrogen) atoms. The molecular weight excluding hydrogens is 288 g/mol. The molecule has 0 aliphatic carbocycles. The highest BCUT2D eigenvalue weighted by molar-refractivity contribution is 7.89. The minimum atomic E-state index is -3.65. The molecule has 0 aromatic heterocycles. The van der Waals surface area contributed by atoms with Gasteiger partial charge in [-0.25, -0.2) is 13.1 Å². The summed E-state index contributed by atoms with van der Waals surface area (Å²) < 4.78 is 32.1. The van der Waals surface area contributed by atoms with Crippen molar-refractivity contribution in [3.8, 4) is 11.5 Å². The van der Waals surface area contributed by atoms with Crippen LogP contribution in [0.4, 0.5) is 5.69 Å². The predicted molar refractivity (Wildman–Crippen MR) is 83.1 cm³/mol. The number of aryl methyl sites for hydroxylation is 2. The van der Waals surface area contributed by atoms with Crippen LogP contribution in [0.25, 0.3) is 0 Å². The van der Waals surface area contributed by atoms with Gasteiger partial charge in [0.25, 0.3) is 0 Å². The number of nitrogens with one attached hydrogen (secondary N) is 1. The second kappa shape index (κ2) is 5.75. The lowest BCUT2D eigenvalue weighted by atomic mass is 10.1. The smallest absolute Gasteiger partial charge is 0.244 e. The van der Waals surface area contributed by atoms with Crippen LogP contribution in [-0.2, 0) is 10.0 Å². The molecule has 2 aromatic carbocycles. The molecule has 0 unspecified atom stereocenters. The highest BCUT2D eigenvalue weighted by atomic mass is 32.2. The van der Waals surface area contributed by atoms with E-state index in [9.17, 15) is 8.42 Å². The number of rotatable bonds is 4. The van der Waals surface area contributed by atoms with Crippen molar-refractivity contribution in [2.24, 2.45) is 0 Å². The van der Waals surface area contributed by atoms with Gasteiger partial charge in [-0.3, -0.25) is 0 Å². The van der Waals surface area contributed by atoms with Gasteiger partial charge >= 0.3 is 0 Å². The normalized spacial score (nSPS) is 11.4. The predicted octanol–water partition coefficient (Wildman–Crippen LogP) is 2.59. The Bertz CT molecular complexity index is 770. The van der Waals surface area contributed by atoms with Gasteiger partial charge in [0.05, 0.1) is 0 Å². The fraction of sp³-hybridized carbons (Fsp3) is 0.200. The van der Waals surface area contributed by atoms with Crippen molar-refractivity contribution in [2.75, 3.05) is 12.8 Å². The van der Waals surface area contributed by atoms with E-state index in [4.69, 9.17) is 10.5 Å². The van der Waals surface area contributed by atoms with E-state index in [2.05, 4.69) is 4.72 Å². The third-order valence-corrected chi connectivity index (χ3v) is 4.51. The number of anilines is 1. The molecule has 0 atom stereocenters. The third-order valence-electron chi connectivity index (χ3n) is 3.08. The van der Waals surface area contributed by atoms with Crippen LogP contribution in [-0.4, -0.2) is 15.5 Å². The largest absolute Gasteiger partial charge is 0.456 e. The van der Waals surface area contributed by atoms with E-state index in [0.29, 0.717) is 11.4 Å². The van der Waals surface area contributed by atoms with Crippen LogP contribution in [0.5, 0.6) is 11.5 Å². The van der Waals surface area contributed by atoms with Crippen molar-refractivity contribution in [2.45, 2.75) is 18.7 Å². The van der Waals surface area contributed by atoms with Gasteiger partial charge in [-0.05, 0) is 50.7 Å². The highest BCUT2D eigenvalue weighted by Gasteiger charge is 2.19. The summed E-state index contributed by atoms with van der Waals surface area (Å²) in [4.78, 5) is 0.0185. The van der Waals surface area contributed by atoms with Gasteiger partial charge < -0.3 is 10.5 Å². The van der Waals surface area contributed by atoms with Crippen LogP contribution in [0.15, 0.2) is 41.3 Å². The first-order valence-electron chi connectivity index (χ1n) is 6.41. The Balaban J connectivity index is 2.50. The molecule has 5 nitrogen and oxygen atoms in total. The first-order chi connectivity index (χ1) is 9.83. The number of ether oxygens (including phenoxy) is 1. The molecular formula is C15H18N2O3S. The molecule has 2 rings (SSSR count). The quantitative estimate of drug-likeness (QED) is 0.851. The average molecular weight is 306 g/mol. The van der Waals surface area contributed by atoms with E-state index in [1.165, 1.54) is 13.1 Å². The number of nitrogens with two attached hydrogens (primary N) is 1. The van der Waals surface area contributed by atoms with Crippen molar-refractivity contribution in [1.82, 2.24) is 4.72 Å². The number of hydrogen-bond donors (Lipinski definition) is 2. The Morgan fingerprint density at radius 3 is 2.33 bits per heavy atom. The first-order valence-corrected chi connectivity index (χ1v) is 7.90. The fourth-order valence-electron chi connectivity index (χ4n) is 1.96. The van der Waals surface area contributed by atoms with Crippen LogP contribution >= 0.6 is 0 Å². The third kappa shape index (κ3) is 3.34. The first kappa shape index (κ1) is 15.3. The molecule has 0 saturated carbocycles. The van der Waals surface area contributed by atoms with Gasteiger partial charge in [-0.2, -0.15) is 0 Å². The zero-order chi connectivity index (χ0) is 15.6. The van der Waals surface area contributed by atoms with Gasteiger partial charge in [0, 0.05) is 5.69 Å². The summed E-state index contributed by atoms with van der Waals surface area (Å²) in [5, 5.41) is 0. The summed E-state index contributed by atoms with van der Waals surface area (Å²) in [5.74, 6) is 0.850. The Hall–Kier alpha value is -2.05. The molecule has 0 amide bonds. The number of benzene rings is 2. The summed E-state index contributed by atoms with van der Waals surface area (Å²) in [6, 6.07) is 10.2. The molecule has 0 saturated heterocycles. The lowest BCUT2D eigenvalue weighted by molar-refractivity contribution is 0.463. The minimum absolute atomic E-state index is 0.0185. The summed E-state index contributed by atoms with van der Waals surface area (Å²) >= 11 is 0. The topological polar surface area (TPSA) is 81.4 Å². The molecule has 2 aromatic rings. The van der Waals surface area contributed by atoms with Crippen molar-refractivity contribution >= 4 is 15.7 Å². The fourth-order valence-corrected chi connectivity index (χ4v) is 2.85. The maximum Gasteiger partial charge on any atom is 0.244 e. The second-order valence-electron chi connectivity index (χ2n) is 4.78. The van der Waals surface area contributed by atoms with E-state index >= 15 is 0 Å². The maximum absolute atomic E-state index is 12.1. The monoisotopic (exact) mass is 306 g/mol. The molecule has 3 N–H and O–H groups in total. The van der Waals surface area contributed by atoms with E-state index in [0.717, 1.165) is 11.1 Å². The summed E-state index contributed by atoms with van der Waals surface area (Å²) in [6.45, 7) is 3.89. The molecule has 0 fully saturated rings. The van der Waals surface area contributed by atoms with E-state index < -0.39 is 10.0 Å². The van der Waals surface area contributed by atoms with Crippen molar-refractivity contribution in [3.63, 3.8) is 0 Å². The van der Waals surface area contributed by atoms with Gasteiger partial charge in [0.2, 0.25) is 10.0 Å². The standard InChI is InChI=1S/C15H18N2O3S/c1-10-4-6-13(11(2)8-10)20-14-7-5-12(16)9-15(14)21(18,19)17-3/h4-9,17H,16H2,1-3H3. The molecule has 0 heterocycles. The molecule has 0 spiro atoms. The van der Waals surface area contributed by atoms with Crippen molar-refractivity contribution in [1.29, 1.82) is 0 Å². The molecule has 6 heteroatoms. The van der Waals surface area contributed by atoms with Gasteiger partial charge in [0.15, 0.2) is 0 Å². The number of nitrogen functional groups attached to an aromatic ring is 1. The lowest BCUT2D eigenvalue weighted by Gasteiger charge is -2.14. The van der Waals surface area contributed by atoms with Crippen LogP contribution in [0.1, 0.15) is 11.1 Å². The lowest BCUT2D eigenvalue weighted by Crippen LogP contribution is -2.19. The number of hydrogen-bond acceptors (Lipinski definition) is 4. The Labute approximate surface area is 124 Å². The Morgan fingerprint density at radius 1 is 1.05 bits per heavy atom. The van der Waals surface area contributed by atoms with Crippen LogP contribution in [0.2, 0.25) is 0 Å². The second-order valence-corrected chi connectivity index (χ2v) is 6.64. The molecule has 112 valence electrons. The zero-order valence-electron chi connectivity index (χ0n) is 12.2. The molecule has 0 aliphatic heterocycles. The molecule has 0 radical (unpaired) electrons. The molecule has 0 bridgehead atoms. The SMILES string of the molecule is CNS(=O)(=O)c1cc(N)ccc1Oc1ccc(C)cc1C. The van der Waals surface area contributed by atoms with E-state index in [1.807, 2.05) is 32.0 Å². The Kier molecular flexibility index (Phi) is 4.20. The van der Waals surface area contributed by atoms with Crippen LogP contribution in [0.3, 0.4) is 0 Å². The van der Waals surface area contributed by atoms with Crippen molar-refractivity contribution in [3.05, 3.63) is 47.5 Å². The zero-order valence-corrected chi connectivity index (χ0v) is 13.0. The van der Waals surface area contributed by atoms with Crippen molar-refractivity contribution < 1.29 is 13.2 Å². The van der Waals surface area contributed by atoms with Gasteiger partial charge in [-0.1, -0.05) is 17.7 Å². The van der Waals surface area contributed by atoms with Gasteiger partial charge in [-0.15, -0.1) is 0 Å². The number of sulfonamides is 1. The Morgan fingerprint density at radius 2 is 1.71 bits per heavy atom. The van der Waals surface area contributed by atoms with Gasteiger partial charge in [0.1, 0.15) is 16.4 Å². The van der Waals surface area contributed by atoms with Crippen LogP contribution < -0.4 is 15.2 Å². The van der Waals surface area contributed by atoms with E-state index in [1.54, 1.807) is 12.1 Å². The molecule has 0 aliphatic rings. The maximum atomic E-state index is 12.1.